The van der Waals surface area contributed by atoms with Gasteiger partial charge >= 0.3 is 0 Å². The smallest absolute Gasteiger partial charge is 0.246 e. The van der Waals surface area contributed by atoms with Crippen LogP contribution in [-0.4, -0.2) is 52.3 Å². The molecule has 0 spiro atoms. The second kappa shape index (κ2) is 8.93. The zero-order valence-electron chi connectivity index (χ0n) is 19.3. The van der Waals surface area contributed by atoms with Crippen LogP contribution in [0.1, 0.15) is 56.0 Å². The summed E-state index contributed by atoms with van der Waals surface area (Å²) < 4.78 is 5.96. The lowest BCUT2D eigenvalue weighted by Gasteiger charge is -2.47. The minimum absolute atomic E-state index is 0.00305. The molecule has 0 aliphatic carbocycles. The van der Waals surface area contributed by atoms with Crippen molar-refractivity contribution in [1.82, 2.24) is 14.8 Å². The molecule has 0 bridgehead atoms. The fourth-order valence-corrected chi connectivity index (χ4v) is 5.38. The predicted molar refractivity (Wildman–Crippen MR) is 128 cm³/mol. The second-order valence-electron chi connectivity index (χ2n) is 8.92. The number of ether oxygens (including phenoxy) is 1. The van der Waals surface area contributed by atoms with Crippen molar-refractivity contribution in [3.05, 3.63) is 65.4 Å². The van der Waals surface area contributed by atoms with Crippen molar-refractivity contribution >= 4 is 22.7 Å². The highest BCUT2D eigenvalue weighted by molar-refractivity contribution is 5.97. The number of aromatic nitrogens is 1. The van der Waals surface area contributed by atoms with E-state index in [-0.39, 0.29) is 24.4 Å². The number of carbonyl (C=O) groups excluding carboxylic acids is 2. The van der Waals surface area contributed by atoms with Gasteiger partial charge in [0.15, 0.2) is 0 Å². The highest BCUT2D eigenvalue weighted by atomic mass is 16.5. The van der Waals surface area contributed by atoms with Crippen LogP contribution in [0.5, 0.6) is 5.75 Å². The van der Waals surface area contributed by atoms with Gasteiger partial charge in [-0.25, -0.2) is 0 Å². The number of amides is 2. The van der Waals surface area contributed by atoms with Crippen molar-refractivity contribution in [2.75, 3.05) is 19.7 Å². The number of rotatable bonds is 7. The molecule has 172 valence electrons. The number of piperazine rings is 1. The number of hydrogen-bond acceptors (Lipinski definition) is 3. The molecule has 2 aromatic carbocycles. The molecule has 1 fully saturated rings. The predicted octanol–water partition coefficient (Wildman–Crippen LogP) is 4.44. The minimum atomic E-state index is -0.501. The summed E-state index contributed by atoms with van der Waals surface area (Å²) in [6.07, 6.45) is 3.60. The molecule has 0 saturated carbocycles. The van der Waals surface area contributed by atoms with E-state index >= 15 is 0 Å². The van der Waals surface area contributed by atoms with Crippen molar-refractivity contribution in [2.24, 2.45) is 0 Å². The van der Waals surface area contributed by atoms with Crippen LogP contribution in [-0.2, 0) is 16.0 Å². The number of para-hydroxylation sites is 2. The van der Waals surface area contributed by atoms with Crippen molar-refractivity contribution in [1.29, 1.82) is 0 Å². The topological polar surface area (TPSA) is 65.6 Å². The Balaban J connectivity index is 1.64. The summed E-state index contributed by atoms with van der Waals surface area (Å²) >= 11 is 0. The molecule has 6 nitrogen and oxygen atoms in total. The Hall–Kier alpha value is -3.28. The van der Waals surface area contributed by atoms with Crippen LogP contribution in [0.4, 0.5) is 0 Å². The molecule has 2 amide bonds. The van der Waals surface area contributed by atoms with Crippen molar-refractivity contribution in [3.63, 3.8) is 0 Å². The normalized spacial score (nSPS) is 20.2. The number of aromatic amines is 1. The average molecular weight is 446 g/mol. The maximum atomic E-state index is 13.6. The molecular formula is C27H31N3O3. The van der Waals surface area contributed by atoms with Gasteiger partial charge in [0.1, 0.15) is 17.8 Å². The Morgan fingerprint density at radius 3 is 2.64 bits per heavy atom. The molecule has 2 unspecified atom stereocenters. The third kappa shape index (κ3) is 3.67. The maximum absolute atomic E-state index is 13.6. The van der Waals surface area contributed by atoms with Gasteiger partial charge in [0.25, 0.3) is 0 Å². The zero-order valence-corrected chi connectivity index (χ0v) is 19.3. The van der Waals surface area contributed by atoms with Gasteiger partial charge in [-0.05, 0) is 31.0 Å². The molecule has 2 aliphatic rings. The summed E-state index contributed by atoms with van der Waals surface area (Å²) in [5, 5.41) is 1.12. The van der Waals surface area contributed by atoms with Crippen LogP contribution < -0.4 is 4.74 Å². The largest absolute Gasteiger partial charge is 0.494 e. The van der Waals surface area contributed by atoms with Gasteiger partial charge < -0.3 is 19.5 Å². The molecule has 6 heteroatoms. The zero-order chi connectivity index (χ0) is 22.9. The van der Waals surface area contributed by atoms with Gasteiger partial charge in [-0.15, -0.1) is 0 Å². The number of fused-ring (bicyclic) bond motifs is 4. The van der Waals surface area contributed by atoms with E-state index in [9.17, 15) is 9.59 Å². The third-order valence-electron chi connectivity index (χ3n) is 6.89. The molecule has 2 atom stereocenters. The van der Waals surface area contributed by atoms with Gasteiger partial charge in [-0.3, -0.25) is 9.59 Å². The van der Waals surface area contributed by atoms with Gasteiger partial charge in [0.2, 0.25) is 11.8 Å². The van der Waals surface area contributed by atoms with Crippen LogP contribution in [0.25, 0.3) is 10.9 Å². The van der Waals surface area contributed by atoms with Crippen molar-refractivity contribution in [2.45, 2.75) is 51.6 Å². The Labute approximate surface area is 194 Å². The van der Waals surface area contributed by atoms with E-state index in [0.717, 1.165) is 52.7 Å². The van der Waals surface area contributed by atoms with Gasteiger partial charge in [-0.1, -0.05) is 56.2 Å². The molecule has 2 aliphatic heterocycles. The summed E-state index contributed by atoms with van der Waals surface area (Å²) in [4.78, 5) is 34.4. The summed E-state index contributed by atoms with van der Waals surface area (Å²) in [5.74, 6) is 0.804. The highest BCUT2D eigenvalue weighted by Gasteiger charge is 2.48. The van der Waals surface area contributed by atoms with Gasteiger partial charge in [-0.2, -0.15) is 0 Å². The first-order chi connectivity index (χ1) is 16.1. The molecule has 3 aromatic rings. The number of hydrogen-bond donors (Lipinski definition) is 1. The van der Waals surface area contributed by atoms with Gasteiger partial charge in [0.05, 0.1) is 13.2 Å². The molecule has 1 saturated heterocycles. The van der Waals surface area contributed by atoms with Crippen LogP contribution >= 0.6 is 0 Å². The summed E-state index contributed by atoms with van der Waals surface area (Å²) in [6.45, 7) is 5.42. The summed E-state index contributed by atoms with van der Waals surface area (Å²) in [5.41, 5.74) is 4.05. The standard InChI is InChI=1S/C27H31N3O3/c1-3-5-10-15-29-17-24(31)30-22(27(29)32)16-20-18-11-6-8-13-21(18)28-25(20)26(30)19-12-7-9-14-23(19)33-4-2/h6-9,11-14,22,26,28H,3-5,10,15-17H2,1-2H3. The van der Waals surface area contributed by atoms with Crippen molar-refractivity contribution < 1.29 is 14.3 Å². The first-order valence-corrected chi connectivity index (χ1v) is 12.0. The Bertz CT molecular complexity index is 1180. The summed E-state index contributed by atoms with van der Waals surface area (Å²) in [7, 11) is 0. The average Bonchev–Trinajstić information content (AvgIpc) is 3.20. The Kier molecular flexibility index (Phi) is 5.83. The van der Waals surface area contributed by atoms with E-state index in [0.29, 0.717) is 19.6 Å². The number of nitrogens with one attached hydrogen (secondary N) is 1. The number of benzene rings is 2. The molecule has 0 radical (unpaired) electrons. The number of H-pyrrole nitrogens is 1. The van der Waals surface area contributed by atoms with E-state index in [1.165, 1.54) is 0 Å². The molecule has 5 rings (SSSR count). The lowest BCUT2D eigenvalue weighted by molar-refractivity contribution is -0.158. The lowest BCUT2D eigenvalue weighted by Crippen LogP contribution is -2.63. The number of carbonyl (C=O) groups is 2. The van der Waals surface area contributed by atoms with E-state index in [1.54, 1.807) is 4.90 Å². The SMILES string of the molecule is CCCCCN1CC(=O)N2C(Cc3c([nH]c4ccccc34)C2c2ccccc2OCC)C1=O. The molecule has 3 heterocycles. The van der Waals surface area contributed by atoms with E-state index in [4.69, 9.17) is 4.74 Å². The molecular weight excluding hydrogens is 414 g/mol. The first kappa shape index (κ1) is 21.6. The quantitative estimate of drug-likeness (QED) is 0.547. The summed E-state index contributed by atoms with van der Waals surface area (Å²) in [6, 6.07) is 15.2. The number of nitrogens with zero attached hydrogens (tertiary/aromatic N) is 2. The molecule has 1 aromatic heterocycles. The number of unbranched alkanes of at least 4 members (excludes halogenated alkanes) is 2. The van der Waals surface area contributed by atoms with Gasteiger partial charge in [0, 0.05) is 35.1 Å². The van der Waals surface area contributed by atoms with E-state index in [2.05, 4.69) is 24.0 Å². The fraction of sp³-hybridized carbons (Fsp3) is 0.407. The lowest BCUT2D eigenvalue weighted by atomic mass is 9.86. The third-order valence-corrected chi connectivity index (χ3v) is 6.89. The molecule has 33 heavy (non-hydrogen) atoms. The van der Waals surface area contributed by atoms with Crippen LogP contribution in [0.3, 0.4) is 0 Å². The highest BCUT2D eigenvalue weighted by Crippen LogP contribution is 2.44. The maximum Gasteiger partial charge on any atom is 0.246 e. The Morgan fingerprint density at radius 1 is 1.03 bits per heavy atom. The minimum Gasteiger partial charge on any atom is -0.494 e. The first-order valence-electron chi connectivity index (χ1n) is 12.0. The molecule has 1 N–H and O–H groups in total. The fourth-order valence-electron chi connectivity index (χ4n) is 5.38. The monoisotopic (exact) mass is 445 g/mol. The van der Waals surface area contributed by atoms with Crippen LogP contribution in [0.2, 0.25) is 0 Å². The Morgan fingerprint density at radius 2 is 1.82 bits per heavy atom. The van der Waals surface area contributed by atoms with Crippen molar-refractivity contribution in [3.8, 4) is 5.75 Å². The van der Waals surface area contributed by atoms with E-state index in [1.807, 2.05) is 48.2 Å². The second-order valence-corrected chi connectivity index (χ2v) is 8.92. The van der Waals surface area contributed by atoms with E-state index < -0.39 is 6.04 Å². The van der Waals surface area contributed by atoms with Crippen LogP contribution in [0, 0.1) is 0 Å². The van der Waals surface area contributed by atoms with Crippen LogP contribution in [0.15, 0.2) is 48.5 Å².